The maximum atomic E-state index is 12.7. The molecular formula is C34H45BrN2O2. The van der Waals surface area contributed by atoms with Crippen molar-refractivity contribution in [2.75, 3.05) is 0 Å². The fraction of sp³-hybridized carbons (Fsp3) is 0.500. The maximum absolute atomic E-state index is 12.7. The van der Waals surface area contributed by atoms with E-state index >= 15 is 0 Å². The van der Waals surface area contributed by atoms with Crippen LogP contribution in [0.5, 0.6) is 5.75 Å². The van der Waals surface area contributed by atoms with E-state index in [1.165, 1.54) is 94.6 Å². The number of aryl methyl sites for hydroxylation is 2. The van der Waals surface area contributed by atoms with Gasteiger partial charge in [-0.1, -0.05) is 106 Å². The van der Waals surface area contributed by atoms with Gasteiger partial charge >= 0.3 is 5.97 Å². The van der Waals surface area contributed by atoms with Crippen molar-refractivity contribution < 1.29 is 9.53 Å². The first-order valence-corrected chi connectivity index (χ1v) is 15.8. The lowest BCUT2D eigenvalue weighted by atomic mass is 10.0. The van der Waals surface area contributed by atoms with Crippen LogP contribution in [0, 0.1) is 0 Å². The van der Waals surface area contributed by atoms with Crippen LogP contribution in [0.2, 0.25) is 0 Å². The Bertz CT molecular complexity index is 1110. The molecular weight excluding hydrogens is 548 g/mol. The number of esters is 1. The summed E-state index contributed by atoms with van der Waals surface area (Å²) in [6, 6.07) is 13.1. The molecule has 0 aliphatic heterocycles. The summed E-state index contributed by atoms with van der Waals surface area (Å²) in [5, 5.41) is 0. The van der Waals surface area contributed by atoms with Crippen LogP contribution in [0.3, 0.4) is 0 Å². The number of hydrogen-bond acceptors (Lipinski definition) is 4. The zero-order chi connectivity index (χ0) is 27.7. The van der Waals surface area contributed by atoms with E-state index in [0.29, 0.717) is 17.1 Å². The number of carbonyl (C=O) groups is 1. The van der Waals surface area contributed by atoms with Gasteiger partial charge in [0.25, 0.3) is 0 Å². The van der Waals surface area contributed by atoms with Gasteiger partial charge in [-0.3, -0.25) is 0 Å². The molecule has 4 nitrogen and oxygen atoms in total. The molecule has 0 aliphatic carbocycles. The molecule has 5 heteroatoms. The Morgan fingerprint density at radius 2 is 1.28 bits per heavy atom. The Balaban J connectivity index is 1.44. The fourth-order valence-corrected chi connectivity index (χ4v) is 5.31. The van der Waals surface area contributed by atoms with Crippen LogP contribution in [-0.4, -0.2) is 15.9 Å². The highest BCUT2D eigenvalue weighted by molar-refractivity contribution is 9.10. The molecule has 1 heterocycles. The first-order valence-electron chi connectivity index (χ1n) is 15.0. The summed E-state index contributed by atoms with van der Waals surface area (Å²) < 4.78 is 6.60. The summed E-state index contributed by atoms with van der Waals surface area (Å²) in [6.45, 7) is 4.50. The van der Waals surface area contributed by atoms with E-state index < -0.39 is 0 Å². The van der Waals surface area contributed by atoms with Crippen molar-refractivity contribution in [2.45, 2.75) is 110 Å². The van der Waals surface area contributed by atoms with Gasteiger partial charge in [0.15, 0.2) is 5.82 Å². The van der Waals surface area contributed by atoms with Crippen LogP contribution in [0.1, 0.15) is 119 Å². The van der Waals surface area contributed by atoms with Crippen molar-refractivity contribution in [3.8, 4) is 17.1 Å². The Morgan fingerprint density at radius 3 is 1.87 bits per heavy atom. The molecule has 0 saturated heterocycles. The minimum Gasteiger partial charge on any atom is -0.423 e. The lowest BCUT2D eigenvalue weighted by Gasteiger charge is -2.09. The van der Waals surface area contributed by atoms with Gasteiger partial charge in [-0.05, 0) is 73.2 Å². The molecule has 0 N–H and O–H groups in total. The molecule has 0 unspecified atom stereocenters. The number of nitrogens with zero attached hydrogens (tertiary/aromatic N) is 2. The molecule has 39 heavy (non-hydrogen) atoms. The van der Waals surface area contributed by atoms with E-state index in [4.69, 9.17) is 4.74 Å². The highest BCUT2D eigenvalue weighted by Gasteiger charge is 2.12. The number of carbonyl (C=O) groups excluding carboxylic acids is 1. The summed E-state index contributed by atoms with van der Waals surface area (Å²) in [7, 11) is 0. The van der Waals surface area contributed by atoms with E-state index in [9.17, 15) is 4.79 Å². The molecule has 0 atom stereocenters. The summed E-state index contributed by atoms with van der Waals surface area (Å²) in [4.78, 5) is 21.9. The molecule has 3 aromatic rings. The largest absolute Gasteiger partial charge is 0.423 e. The van der Waals surface area contributed by atoms with Gasteiger partial charge in [-0.25, -0.2) is 14.8 Å². The van der Waals surface area contributed by atoms with Crippen molar-refractivity contribution in [2.24, 2.45) is 0 Å². The Kier molecular flexibility index (Phi) is 14.3. The number of ether oxygens (including phenoxy) is 1. The second-order valence-corrected chi connectivity index (χ2v) is 11.4. The van der Waals surface area contributed by atoms with E-state index in [2.05, 4.69) is 39.7 Å². The summed E-state index contributed by atoms with van der Waals surface area (Å²) >= 11 is 3.65. The Labute approximate surface area is 244 Å². The number of unbranched alkanes of at least 4 members (excludes halogenated alkanes) is 11. The molecule has 0 amide bonds. The van der Waals surface area contributed by atoms with Crippen LogP contribution < -0.4 is 4.74 Å². The maximum Gasteiger partial charge on any atom is 0.343 e. The average molecular weight is 594 g/mol. The molecule has 1 aromatic heterocycles. The van der Waals surface area contributed by atoms with Gasteiger partial charge in [0, 0.05) is 22.4 Å². The van der Waals surface area contributed by atoms with Gasteiger partial charge < -0.3 is 4.74 Å². The minimum absolute atomic E-state index is 0.360. The third-order valence-electron chi connectivity index (χ3n) is 7.19. The quantitative estimate of drug-likeness (QED) is 0.0837. The number of halogens is 1. The van der Waals surface area contributed by atoms with Crippen molar-refractivity contribution in [3.05, 3.63) is 76.0 Å². The summed E-state index contributed by atoms with van der Waals surface area (Å²) in [5.41, 5.74) is 3.86. The Morgan fingerprint density at radius 1 is 0.718 bits per heavy atom. The van der Waals surface area contributed by atoms with E-state index in [1.807, 2.05) is 42.7 Å². The molecule has 0 saturated carbocycles. The molecule has 210 valence electrons. The molecule has 2 aromatic carbocycles. The predicted molar refractivity (Wildman–Crippen MR) is 165 cm³/mol. The first-order chi connectivity index (χ1) is 19.1. The zero-order valence-electron chi connectivity index (χ0n) is 23.9. The standard InChI is InChI=1S/C34H45BrN2O2/c1-3-5-7-9-11-13-15-17-28-18-19-30(24-32(28)35)34(38)39-31-22-20-29(21-23-31)33-36-25-27(26-37-33)16-14-12-10-8-6-4-2/h18-26H,3-17H2,1-2H3. The van der Waals surface area contributed by atoms with Gasteiger partial charge in [0.1, 0.15) is 5.75 Å². The van der Waals surface area contributed by atoms with Gasteiger partial charge in [-0.2, -0.15) is 0 Å². The smallest absolute Gasteiger partial charge is 0.343 e. The fourth-order valence-electron chi connectivity index (χ4n) is 4.73. The molecule has 0 aliphatic rings. The second-order valence-electron chi connectivity index (χ2n) is 10.5. The number of rotatable bonds is 18. The van der Waals surface area contributed by atoms with Gasteiger partial charge in [0.2, 0.25) is 0 Å². The summed E-state index contributed by atoms with van der Waals surface area (Å²) in [6.07, 6.45) is 22.7. The third-order valence-corrected chi connectivity index (χ3v) is 7.92. The van der Waals surface area contributed by atoms with Crippen molar-refractivity contribution in [1.29, 1.82) is 0 Å². The number of hydrogen-bond donors (Lipinski definition) is 0. The molecule has 0 radical (unpaired) electrons. The number of aromatic nitrogens is 2. The van der Waals surface area contributed by atoms with Crippen LogP contribution >= 0.6 is 15.9 Å². The predicted octanol–water partition coefficient (Wildman–Crippen LogP) is 10.3. The molecule has 0 spiro atoms. The highest BCUT2D eigenvalue weighted by Crippen LogP contribution is 2.24. The average Bonchev–Trinajstić information content (AvgIpc) is 2.96. The lowest BCUT2D eigenvalue weighted by molar-refractivity contribution is 0.0734. The topological polar surface area (TPSA) is 52.1 Å². The minimum atomic E-state index is -0.360. The van der Waals surface area contributed by atoms with Crippen LogP contribution in [-0.2, 0) is 12.8 Å². The van der Waals surface area contributed by atoms with Crippen LogP contribution in [0.4, 0.5) is 0 Å². The van der Waals surface area contributed by atoms with E-state index in [0.717, 1.165) is 22.9 Å². The SMILES string of the molecule is CCCCCCCCCc1ccc(C(=O)Oc2ccc(-c3ncc(CCCCCCCC)cn3)cc2)cc1Br. The first kappa shape index (κ1) is 31.0. The molecule has 3 rings (SSSR count). The van der Waals surface area contributed by atoms with Crippen molar-refractivity contribution in [3.63, 3.8) is 0 Å². The van der Waals surface area contributed by atoms with Crippen LogP contribution in [0.15, 0.2) is 59.3 Å². The molecule has 0 bridgehead atoms. The van der Waals surface area contributed by atoms with E-state index in [1.54, 1.807) is 12.1 Å². The summed E-state index contributed by atoms with van der Waals surface area (Å²) in [5.74, 6) is 0.827. The van der Waals surface area contributed by atoms with Crippen molar-refractivity contribution >= 4 is 21.9 Å². The normalized spacial score (nSPS) is 11.1. The van der Waals surface area contributed by atoms with Gasteiger partial charge in [0.05, 0.1) is 5.56 Å². The zero-order valence-corrected chi connectivity index (χ0v) is 25.5. The Hall–Kier alpha value is -2.53. The second kappa shape index (κ2) is 17.9. The monoisotopic (exact) mass is 592 g/mol. The van der Waals surface area contributed by atoms with E-state index in [-0.39, 0.29) is 5.97 Å². The van der Waals surface area contributed by atoms with Gasteiger partial charge in [-0.15, -0.1) is 0 Å². The van der Waals surface area contributed by atoms with Crippen LogP contribution in [0.25, 0.3) is 11.4 Å². The lowest BCUT2D eigenvalue weighted by Crippen LogP contribution is -2.08. The number of benzene rings is 2. The highest BCUT2D eigenvalue weighted by atomic mass is 79.9. The van der Waals surface area contributed by atoms with Crippen molar-refractivity contribution in [1.82, 2.24) is 9.97 Å². The third kappa shape index (κ3) is 11.2. The molecule has 0 fully saturated rings.